The van der Waals surface area contributed by atoms with Crippen molar-refractivity contribution in [1.29, 1.82) is 0 Å². The molecule has 5 nitrogen and oxygen atoms in total. The van der Waals surface area contributed by atoms with Crippen LogP contribution in [0.3, 0.4) is 0 Å². The van der Waals surface area contributed by atoms with E-state index in [9.17, 15) is 9.90 Å². The van der Waals surface area contributed by atoms with Crippen LogP contribution in [0.5, 0.6) is 0 Å². The van der Waals surface area contributed by atoms with Gasteiger partial charge >= 0.3 is 5.97 Å². The number of hydrogen-bond donors (Lipinski definition) is 3. The second kappa shape index (κ2) is 4.96. The standard InChI is InChI=1S/C13H17NO4/c1-9-13(17,6-7-18-9)8-14-11-4-2-10(3-5-11)12(15)16/h2-5,9,14,17H,6-8H2,1H3,(H,15,16). The van der Waals surface area contributed by atoms with Crippen molar-refractivity contribution in [2.45, 2.75) is 25.0 Å². The summed E-state index contributed by atoms with van der Waals surface area (Å²) in [6.07, 6.45) is 0.414. The molecule has 2 atom stereocenters. The van der Waals surface area contributed by atoms with Gasteiger partial charge in [0.2, 0.25) is 0 Å². The molecule has 1 aromatic carbocycles. The Bertz CT molecular complexity index is 431. The average molecular weight is 251 g/mol. The van der Waals surface area contributed by atoms with Crippen molar-refractivity contribution < 1.29 is 19.7 Å². The molecule has 0 spiro atoms. The third-order valence-electron chi connectivity index (χ3n) is 3.39. The summed E-state index contributed by atoms with van der Waals surface area (Å²) in [7, 11) is 0. The van der Waals surface area contributed by atoms with E-state index in [2.05, 4.69) is 5.32 Å². The van der Waals surface area contributed by atoms with Crippen molar-refractivity contribution in [2.24, 2.45) is 0 Å². The summed E-state index contributed by atoms with van der Waals surface area (Å²) in [5.74, 6) is -0.946. The molecule has 5 heteroatoms. The summed E-state index contributed by atoms with van der Waals surface area (Å²) in [5, 5.41) is 22.2. The van der Waals surface area contributed by atoms with Crippen LogP contribution in [-0.2, 0) is 4.74 Å². The Balaban J connectivity index is 1.96. The first kappa shape index (κ1) is 12.9. The number of rotatable bonds is 4. The molecule has 2 rings (SSSR count). The van der Waals surface area contributed by atoms with Crippen LogP contribution in [0.25, 0.3) is 0 Å². The Labute approximate surface area is 105 Å². The first-order valence-electron chi connectivity index (χ1n) is 5.92. The van der Waals surface area contributed by atoms with Gasteiger partial charge in [0.1, 0.15) is 5.60 Å². The molecule has 1 aliphatic heterocycles. The second-order valence-electron chi connectivity index (χ2n) is 4.60. The van der Waals surface area contributed by atoms with Gasteiger partial charge in [0.05, 0.1) is 11.7 Å². The second-order valence-corrected chi connectivity index (χ2v) is 4.60. The minimum absolute atomic E-state index is 0.191. The van der Waals surface area contributed by atoms with E-state index in [1.165, 1.54) is 12.1 Å². The van der Waals surface area contributed by atoms with Crippen molar-refractivity contribution >= 4 is 11.7 Å². The summed E-state index contributed by atoms with van der Waals surface area (Å²) >= 11 is 0. The third-order valence-corrected chi connectivity index (χ3v) is 3.39. The van der Waals surface area contributed by atoms with Gasteiger partial charge in [0, 0.05) is 25.3 Å². The molecule has 0 aromatic heterocycles. The highest BCUT2D eigenvalue weighted by molar-refractivity contribution is 5.87. The maximum Gasteiger partial charge on any atom is 0.335 e. The van der Waals surface area contributed by atoms with Gasteiger partial charge < -0.3 is 20.3 Å². The van der Waals surface area contributed by atoms with Gasteiger partial charge in [-0.15, -0.1) is 0 Å². The quantitative estimate of drug-likeness (QED) is 0.752. The molecule has 1 fully saturated rings. The number of carboxylic acid groups (broad SMARTS) is 1. The number of anilines is 1. The van der Waals surface area contributed by atoms with Crippen molar-refractivity contribution in [3.05, 3.63) is 29.8 Å². The number of nitrogens with one attached hydrogen (secondary N) is 1. The van der Waals surface area contributed by atoms with Crippen molar-refractivity contribution in [3.63, 3.8) is 0 Å². The summed E-state index contributed by atoms with van der Waals surface area (Å²) in [6.45, 7) is 2.81. The van der Waals surface area contributed by atoms with E-state index < -0.39 is 11.6 Å². The molecule has 0 bridgehead atoms. The number of aromatic carboxylic acids is 1. The average Bonchev–Trinajstić information content (AvgIpc) is 2.68. The van der Waals surface area contributed by atoms with E-state index in [1.807, 2.05) is 6.92 Å². The number of carbonyl (C=O) groups is 1. The number of ether oxygens (including phenoxy) is 1. The van der Waals surface area contributed by atoms with Gasteiger partial charge in [0.25, 0.3) is 0 Å². The maximum absolute atomic E-state index is 10.7. The fourth-order valence-electron chi connectivity index (χ4n) is 1.99. The van der Waals surface area contributed by atoms with Crippen LogP contribution in [0, 0.1) is 0 Å². The molecule has 98 valence electrons. The molecule has 1 heterocycles. The Morgan fingerprint density at radius 2 is 2.17 bits per heavy atom. The molecule has 2 unspecified atom stereocenters. The number of carboxylic acids is 1. The Morgan fingerprint density at radius 1 is 1.50 bits per heavy atom. The molecule has 18 heavy (non-hydrogen) atoms. The van der Waals surface area contributed by atoms with Crippen molar-refractivity contribution in [2.75, 3.05) is 18.5 Å². The number of hydrogen-bond acceptors (Lipinski definition) is 4. The predicted octanol–water partition coefficient (Wildman–Crippen LogP) is 1.34. The van der Waals surface area contributed by atoms with E-state index in [1.54, 1.807) is 12.1 Å². The van der Waals surface area contributed by atoms with Gasteiger partial charge in [-0.3, -0.25) is 0 Å². The van der Waals surface area contributed by atoms with Gasteiger partial charge in [-0.2, -0.15) is 0 Å². The minimum Gasteiger partial charge on any atom is -0.478 e. The van der Waals surface area contributed by atoms with Crippen molar-refractivity contribution in [1.82, 2.24) is 0 Å². The molecule has 1 aliphatic rings. The fourth-order valence-corrected chi connectivity index (χ4v) is 1.99. The Kier molecular flexibility index (Phi) is 3.54. The van der Waals surface area contributed by atoms with E-state index in [-0.39, 0.29) is 11.7 Å². The van der Waals surface area contributed by atoms with Crippen LogP contribution < -0.4 is 5.32 Å². The van der Waals surface area contributed by atoms with Crippen LogP contribution in [0.1, 0.15) is 23.7 Å². The van der Waals surface area contributed by atoms with E-state index in [0.717, 1.165) is 5.69 Å². The Hall–Kier alpha value is -1.59. The zero-order chi connectivity index (χ0) is 13.2. The third kappa shape index (κ3) is 2.63. The largest absolute Gasteiger partial charge is 0.478 e. The Morgan fingerprint density at radius 3 is 2.67 bits per heavy atom. The number of aliphatic hydroxyl groups is 1. The summed E-state index contributed by atoms with van der Waals surface area (Å²) in [6, 6.07) is 6.44. The lowest BCUT2D eigenvalue weighted by molar-refractivity contribution is -0.0175. The monoisotopic (exact) mass is 251 g/mol. The zero-order valence-electron chi connectivity index (χ0n) is 10.2. The van der Waals surface area contributed by atoms with Crippen LogP contribution in [0.2, 0.25) is 0 Å². The molecule has 1 aromatic rings. The summed E-state index contributed by atoms with van der Waals surface area (Å²) in [4.78, 5) is 10.7. The molecule has 3 N–H and O–H groups in total. The first-order chi connectivity index (χ1) is 8.51. The molecule has 0 amide bonds. The lowest BCUT2D eigenvalue weighted by atomic mass is 9.96. The van der Waals surface area contributed by atoms with Gasteiger partial charge in [-0.1, -0.05) is 0 Å². The smallest absolute Gasteiger partial charge is 0.335 e. The molecule has 0 aliphatic carbocycles. The topological polar surface area (TPSA) is 78.8 Å². The number of benzene rings is 1. The van der Waals surface area contributed by atoms with E-state index in [0.29, 0.717) is 19.6 Å². The van der Waals surface area contributed by atoms with Crippen LogP contribution >= 0.6 is 0 Å². The molecule has 1 saturated heterocycles. The molecular formula is C13H17NO4. The summed E-state index contributed by atoms with van der Waals surface area (Å²) in [5.41, 5.74) is 0.176. The highest BCUT2D eigenvalue weighted by atomic mass is 16.5. The predicted molar refractivity (Wildman–Crippen MR) is 66.9 cm³/mol. The fraction of sp³-hybridized carbons (Fsp3) is 0.462. The van der Waals surface area contributed by atoms with Gasteiger partial charge in [-0.25, -0.2) is 4.79 Å². The van der Waals surface area contributed by atoms with Crippen LogP contribution in [0.4, 0.5) is 5.69 Å². The minimum atomic E-state index is -0.946. The summed E-state index contributed by atoms with van der Waals surface area (Å²) < 4.78 is 5.34. The first-order valence-corrected chi connectivity index (χ1v) is 5.92. The van der Waals surface area contributed by atoms with E-state index >= 15 is 0 Å². The lowest BCUT2D eigenvalue weighted by Crippen LogP contribution is -2.43. The lowest BCUT2D eigenvalue weighted by Gasteiger charge is -2.26. The van der Waals surface area contributed by atoms with Crippen molar-refractivity contribution in [3.8, 4) is 0 Å². The molecule has 0 radical (unpaired) electrons. The zero-order valence-corrected chi connectivity index (χ0v) is 10.2. The highest BCUT2D eigenvalue weighted by Gasteiger charge is 2.39. The highest BCUT2D eigenvalue weighted by Crippen LogP contribution is 2.26. The van der Waals surface area contributed by atoms with Gasteiger partial charge in [-0.05, 0) is 31.2 Å². The maximum atomic E-state index is 10.7. The normalized spacial score (nSPS) is 27.1. The van der Waals surface area contributed by atoms with Gasteiger partial charge in [0.15, 0.2) is 0 Å². The van der Waals surface area contributed by atoms with Crippen LogP contribution in [0.15, 0.2) is 24.3 Å². The molecular weight excluding hydrogens is 234 g/mol. The SMILES string of the molecule is CC1OCCC1(O)CNc1ccc(C(=O)O)cc1. The van der Waals surface area contributed by atoms with E-state index in [4.69, 9.17) is 9.84 Å². The van der Waals surface area contributed by atoms with Crippen LogP contribution in [-0.4, -0.2) is 41.0 Å². The molecule has 0 saturated carbocycles.